The number of aromatic nitrogens is 2. The van der Waals surface area contributed by atoms with Gasteiger partial charge in [-0.25, -0.2) is 14.6 Å². The number of hydrogen-bond donors (Lipinski definition) is 0. The van der Waals surface area contributed by atoms with Crippen LogP contribution >= 0.6 is 0 Å². The van der Waals surface area contributed by atoms with Gasteiger partial charge in [0.05, 0.1) is 43.1 Å². The lowest BCUT2D eigenvalue weighted by atomic mass is 9.96. The molecule has 0 bridgehead atoms. The molecule has 1 amide bonds. The van der Waals surface area contributed by atoms with Gasteiger partial charge in [-0.05, 0) is 92.4 Å². The van der Waals surface area contributed by atoms with Crippen LogP contribution in [0.4, 0.5) is 37.0 Å². The minimum absolute atomic E-state index is 0.0418. The van der Waals surface area contributed by atoms with Crippen molar-refractivity contribution < 1.29 is 50.1 Å². The van der Waals surface area contributed by atoms with Crippen molar-refractivity contribution in [3.63, 3.8) is 0 Å². The minimum atomic E-state index is -5.06. The summed E-state index contributed by atoms with van der Waals surface area (Å²) in [5, 5.41) is 0. The predicted molar refractivity (Wildman–Crippen MR) is 183 cm³/mol. The standard InChI is InChI=1S/C38H38F6N4O5/c1-6-52-35(49)31-14-21(2)30(46(31)4)16-23-8-10-32(51-5)28(15-23)27-9-11-33(47-12-7-13-47)45-29(27)20-48-22(3)34(53-36(48)50)24-17-25(37(39,40)41)19-26(18-24)38(42,43)44/h8-11,14-15,17-19,22,34H,6-7,12-13,16,20H2,1-5H3/t22-,34-/m0/s1. The summed E-state index contributed by atoms with van der Waals surface area (Å²) >= 11 is 0. The number of methoxy groups -OCH3 is 1. The van der Waals surface area contributed by atoms with E-state index >= 15 is 0 Å². The molecule has 4 aromatic rings. The van der Waals surface area contributed by atoms with Gasteiger partial charge < -0.3 is 23.7 Å². The number of halogens is 6. The summed E-state index contributed by atoms with van der Waals surface area (Å²) in [5.74, 6) is 0.729. The summed E-state index contributed by atoms with van der Waals surface area (Å²) < 4.78 is 100. The zero-order valence-corrected chi connectivity index (χ0v) is 29.7. The summed E-state index contributed by atoms with van der Waals surface area (Å²) in [4.78, 5) is 34.1. The van der Waals surface area contributed by atoms with Gasteiger partial charge in [0.15, 0.2) is 0 Å². The second-order valence-corrected chi connectivity index (χ2v) is 13.2. The minimum Gasteiger partial charge on any atom is -0.496 e. The van der Waals surface area contributed by atoms with Gasteiger partial charge in [-0.3, -0.25) is 4.90 Å². The van der Waals surface area contributed by atoms with E-state index in [1.54, 1.807) is 30.7 Å². The fourth-order valence-electron chi connectivity index (χ4n) is 6.76. The van der Waals surface area contributed by atoms with Crippen molar-refractivity contribution in [2.75, 3.05) is 31.7 Å². The van der Waals surface area contributed by atoms with E-state index in [-0.39, 0.29) is 19.2 Å². The molecule has 2 aromatic heterocycles. The lowest BCUT2D eigenvalue weighted by Crippen LogP contribution is -2.38. The van der Waals surface area contributed by atoms with Gasteiger partial charge in [-0.2, -0.15) is 26.3 Å². The quantitative estimate of drug-likeness (QED) is 0.119. The normalized spacial score (nSPS) is 17.5. The average Bonchev–Trinajstić information content (AvgIpc) is 3.52. The number of ether oxygens (including phenoxy) is 3. The first-order chi connectivity index (χ1) is 25.0. The van der Waals surface area contributed by atoms with Gasteiger partial charge >= 0.3 is 24.4 Å². The van der Waals surface area contributed by atoms with Crippen LogP contribution in [0, 0.1) is 6.92 Å². The predicted octanol–water partition coefficient (Wildman–Crippen LogP) is 8.50. The molecular weight excluding hydrogens is 706 g/mol. The Morgan fingerprint density at radius 1 is 0.962 bits per heavy atom. The lowest BCUT2D eigenvalue weighted by Gasteiger charge is -2.33. The second kappa shape index (κ2) is 14.3. The lowest BCUT2D eigenvalue weighted by molar-refractivity contribution is -0.143. The number of anilines is 1. The van der Waals surface area contributed by atoms with Gasteiger partial charge in [-0.15, -0.1) is 0 Å². The van der Waals surface area contributed by atoms with Crippen molar-refractivity contribution in [2.45, 2.75) is 64.7 Å². The first-order valence-electron chi connectivity index (χ1n) is 17.0. The molecule has 53 heavy (non-hydrogen) atoms. The molecule has 2 aliphatic heterocycles. The van der Waals surface area contributed by atoms with Crippen LogP contribution in [0.1, 0.15) is 76.1 Å². The van der Waals surface area contributed by atoms with Crippen LogP contribution in [0.3, 0.4) is 0 Å². The van der Waals surface area contributed by atoms with E-state index in [9.17, 15) is 35.9 Å². The molecule has 0 saturated carbocycles. The van der Waals surface area contributed by atoms with Crippen molar-refractivity contribution in [1.29, 1.82) is 0 Å². The number of pyridine rings is 1. The Labute approximate surface area is 302 Å². The smallest absolute Gasteiger partial charge is 0.416 e. The zero-order chi connectivity index (χ0) is 38.4. The summed E-state index contributed by atoms with van der Waals surface area (Å²) in [6.45, 7) is 6.78. The number of nitrogens with zero attached hydrogens (tertiary/aromatic N) is 4. The monoisotopic (exact) mass is 744 g/mol. The van der Waals surface area contributed by atoms with Crippen molar-refractivity contribution in [3.8, 4) is 16.9 Å². The molecule has 282 valence electrons. The van der Waals surface area contributed by atoms with E-state index in [1.165, 1.54) is 18.9 Å². The first-order valence-corrected chi connectivity index (χ1v) is 17.0. The molecule has 2 aliphatic rings. The largest absolute Gasteiger partial charge is 0.496 e. The number of cyclic esters (lactones) is 1. The number of carbonyl (C=O) groups excluding carboxylic acids is 2. The third-order valence-corrected chi connectivity index (χ3v) is 9.78. The van der Waals surface area contributed by atoms with E-state index in [4.69, 9.17) is 19.2 Å². The molecule has 0 N–H and O–H groups in total. The van der Waals surface area contributed by atoms with Gasteiger partial charge in [0.25, 0.3) is 0 Å². The number of aryl methyl sites for hydroxylation is 1. The topological polar surface area (TPSA) is 86.1 Å². The van der Waals surface area contributed by atoms with Crippen LogP contribution in [0.25, 0.3) is 11.1 Å². The number of hydrogen-bond acceptors (Lipinski definition) is 7. The van der Waals surface area contributed by atoms with Gasteiger partial charge in [-0.1, -0.05) is 6.07 Å². The Balaban J connectivity index is 1.37. The molecule has 6 rings (SSSR count). The Hall–Kier alpha value is -5.21. The maximum atomic E-state index is 13.7. The number of carbonyl (C=O) groups is 2. The van der Waals surface area contributed by atoms with Crippen LogP contribution in [0.2, 0.25) is 0 Å². The highest BCUT2D eigenvalue weighted by molar-refractivity contribution is 5.88. The molecule has 2 atom stereocenters. The summed E-state index contributed by atoms with van der Waals surface area (Å²) in [7, 11) is 3.31. The maximum absolute atomic E-state index is 13.7. The van der Waals surface area contributed by atoms with Crippen molar-refractivity contribution >= 4 is 17.9 Å². The first kappa shape index (κ1) is 37.5. The van der Waals surface area contributed by atoms with Gasteiger partial charge in [0.2, 0.25) is 0 Å². The average molecular weight is 745 g/mol. The zero-order valence-electron chi connectivity index (χ0n) is 29.7. The number of amides is 1. The van der Waals surface area contributed by atoms with E-state index in [1.807, 2.05) is 31.2 Å². The number of benzene rings is 2. The van der Waals surface area contributed by atoms with E-state index in [2.05, 4.69) is 4.90 Å². The molecule has 9 nitrogen and oxygen atoms in total. The van der Waals surface area contributed by atoms with Crippen LogP contribution < -0.4 is 9.64 Å². The molecule has 0 unspecified atom stereocenters. The molecule has 4 heterocycles. The van der Waals surface area contributed by atoms with Crippen LogP contribution in [0.15, 0.2) is 54.6 Å². The summed E-state index contributed by atoms with van der Waals surface area (Å²) in [6.07, 6.45) is -11.0. The maximum Gasteiger partial charge on any atom is 0.416 e. The van der Waals surface area contributed by atoms with E-state index < -0.39 is 53.3 Å². The summed E-state index contributed by atoms with van der Waals surface area (Å²) in [5.41, 5.74) is 1.34. The Bertz CT molecular complexity index is 2010. The fourth-order valence-corrected chi connectivity index (χ4v) is 6.76. The highest BCUT2D eigenvalue weighted by Gasteiger charge is 2.43. The number of esters is 1. The second-order valence-electron chi connectivity index (χ2n) is 13.2. The fraction of sp³-hybridized carbons (Fsp3) is 0.395. The Morgan fingerprint density at radius 3 is 2.23 bits per heavy atom. The SMILES string of the molecule is CCOC(=O)c1cc(C)c(Cc2ccc(OC)c(-c3ccc(N4CCC4)nc3CN3C(=O)O[C@H](c4cc(C(F)(F)F)cc(C(F)(F)F)c4)[C@@H]3C)c2)n1C. The molecule has 2 saturated heterocycles. The number of rotatable bonds is 10. The Kier molecular flexibility index (Phi) is 10.1. The van der Waals surface area contributed by atoms with Crippen LogP contribution in [0.5, 0.6) is 5.75 Å². The van der Waals surface area contributed by atoms with E-state index in [0.29, 0.717) is 52.6 Å². The highest BCUT2D eigenvalue weighted by atomic mass is 19.4. The van der Waals surface area contributed by atoms with Crippen molar-refractivity contribution in [2.24, 2.45) is 7.05 Å². The molecule has 0 aliphatic carbocycles. The third-order valence-electron chi connectivity index (χ3n) is 9.78. The molecule has 2 aromatic carbocycles. The number of alkyl halides is 6. The van der Waals surface area contributed by atoms with Crippen molar-refractivity contribution in [3.05, 3.63) is 99.5 Å². The van der Waals surface area contributed by atoms with Gasteiger partial charge in [0, 0.05) is 43.4 Å². The van der Waals surface area contributed by atoms with Gasteiger partial charge in [0.1, 0.15) is 23.4 Å². The molecule has 0 spiro atoms. The highest BCUT2D eigenvalue weighted by Crippen LogP contribution is 2.42. The summed E-state index contributed by atoms with van der Waals surface area (Å²) in [6, 6.07) is 11.4. The van der Waals surface area contributed by atoms with Crippen LogP contribution in [-0.2, 0) is 41.8 Å². The van der Waals surface area contributed by atoms with E-state index in [0.717, 1.165) is 36.3 Å². The van der Waals surface area contributed by atoms with Crippen LogP contribution in [-0.4, -0.2) is 59.4 Å². The molecule has 15 heteroatoms. The third kappa shape index (κ3) is 7.51. The Morgan fingerprint density at radius 2 is 1.64 bits per heavy atom. The molecule has 0 radical (unpaired) electrons. The molecular formula is C38H38F6N4O5. The molecule has 2 fully saturated rings. The van der Waals surface area contributed by atoms with Crippen molar-refractivity contribution in [1.82, 2.24) is 14.5 Å².